The van der Waals surface area contributed by atoms with Gasteiger partial charge in [-0.3, -0.25) is 0 Å². The van der Waals surface area contributed by atoms with Gasteiger partial charge in [0.1, 0.15) is 0 Å². The van der Waals surface area contributed by atoms with Gasteiger partial charge in [0, 0.05) is 9.30 Å². The van der Waals surface area contributed by atoms with Crippen LogP contribution < -0.4 is 0 Å². The van der Waals surface area contributed by atoms with Crippen molar-refractivity contribution in [3.63, 3.8) is 0 Å². The summed E-state index contributed by atoms with van der Waals surface area (Å²) in [5.41, 5.74) is 4.63. The minimum atomic E-state index is 0.591. The highest BCUT2D eigenvalue weighted by Gasteiger charge is 2.55. The molecule has 21 heavy (non-hydrogen) atoms. The highest BCUT2D eigenvalue weighted by molar-refractivity contribution is 9.10. The van der Waals surface area contributed by atoms with Crippen molar-refractivity contribution in [2.75, 3.05) is 0 Å². The van der Waals surface area contributed by atoms with Crippen LogP contribution in [-0.4, -0.2) is 4.83 Å². The van der Waals surface area contributed by atoms with E-state index in [2.05, 4.69) is 80.4 Å². The van der Waals surface area contributed by atoms with E-state index >= 15 is 0 Å². The maximum Gasteiger partial charge on any atom is 0.0223 e. The molecule has 1 saturated carbocycles. The standard InChI is InChI=1S/C19H18Br2/c20-14-6-3-4-12(10-14)11-17(21)19-16-9-8-13-5-1-2-7-15(13)18(16)19/h1-7,10,16-19H,8-9,11H2. The lowest BCUT2D eigenvalue weighted by Crippen LogP contribution is -2.07. The first-order valence-corrected chi connectivity index (χ1v) is 9.41. The van der Waals surface area contributed by atoms with Crippen molar-refractivity contribution in [3.05, 3.63) is 69.7 Å². The first-order chi connectivity index (χ1) is 10.2. The Morgan fingerprint density at radius 2 is 1.95 bits per heavy atom. The minimum absolute atomic E-state index is 0.591. The molecule has 2 aromatic rings. The molecule has 0 saturated heterocycles. The van der Waals surface area contributed by atoms with Crippen molar-refractivity contribution in [1.82, 2.24) is 0 Å². The van der Waals surface area contributed by atoms with Gasteiger partial charge in [0.05, 0.1) is 0 Å². The van der Waals surface area contributed by atoms with Crippen LogP contribution in [0.1, 0.15) is 29.0 Å². The molecule has 0 heterocycles. The Hall–Kier alpha value is -0.600. The Kier molecular flexibility index (Phi) is 3.71. The van der Waals surface area contributed by atoms with Gasteiger partial charge in [0.25, 0.3) is 0 Å². The van der Waals surface area contributed by atoms with Crippen LogP contribution in [0, 0.1) is 11.8 Å². The second kappa shape index (κ2) is 5.55. The van der Waals surface area contributed by atoms with Crippen LogP contribution in [0.25, 0.3) is 0 Å². The summed E-state index contributed by atoms with van der Waals surface area (Å²) in [5.74, 6) is 2.51. The highest BCUT2D eigenvalue weighted by Crippen LogP contribution is 2.62. The Balaban J connectivity index is 1.52. The quantitative estimate of drug-likeness (QED) is 0.572. The summed E-state index contributed by atoms with van der Waals surface area (Å²) < 4.78 is 1.18. The summed E-state index contributed by atoms with van der Waals surface area (Å²) in [6.45, 7) is 0. The van der Waals surface area contributed by atoms with Gasteiger partial charge in [0.2, 0.25) is 0 Å². The maximum atomic E-state index is 3.99. The summed E-state index contributed by atoms with van der Waals surface area (Å²) in [5, 5.41) is 0. The largest absolute Gasteiger partial charge is 0.0884 e. The Labute approximate surface area is 143 Å². The summed E-state index contributed by atoms with van der Waals surface area (Å²) in [4.78, 5) is 0.591. The normalized spacial score (nSPS) is 27.6. The molecule has 2 heteroatoms. The van der Waals surface area contributed by atoms with E-state index in [0.29, 0.717) is 4.83 Å². The number of alkyl halides is 1. The lowest BCUT2D eigenvalue weighted by molar-refractivity contribution is 0.617. The molecule has 1 fully saturated rings. The number of fused-ring (bicyclic) bond motifs is 3. The van der Waals surface area contributed by atoms with Crippen LogP contribution in [0.3, 0.4) is 0 Å². The van der Waals surface area contributed by atoms with Gasteiger partial charge in [-0.25, -0.2) is 0 Å². The fourth-order valence-electron chi connectivity index (χ4n) is 4.14. The van der Waals surface area contributed by atoms with Gasteiger partial charge in [-0.1, -0.05) is 68.3 Å². The van der Waals surface area contributed by atoms with Gasteiger partial charge < -0.3 is 0 Å². The zero-order valence-corrected chi connectivity index (χ0v) is 15.0. The van der Waals surface area contributed by atoms with Crippen molar-refractivity contribution in [1.29, 1.82) is 0 Å². The van der Waals surface area contributed by atoms with Crippen molar-refractivity contribution >= 4 is 31.9 Å². The molecule has 0 nitrogen and oxygen atoms in total. The molecular formula is C19H18Br2. The van der Waals surface area contributed by atoms with Crippen LogP contribution in [0.2, 0.25) is 0 Å². The average Bonchev–Trinajstić information content (AvgIpc) is 3.22. The Morgan fingerprint density at radius 3 is 2.81 bits per heavy atom. The van der Waals surface area contributed by atoms with E-state index in [1.807, 2.05) is 0 Å². The van der Waals surface area contributed by atoms with Gasteiger partial charge in [0.15, 0.2) is 0 Å². The van der Waals surface area contributed by atoms with E-state index in [-0.39, 0.29) is 0 Å². The van der Waals surface area contributed by atoms with E-state index < -0.39 is 0 Å². The molecule has 2 aliphatic rings. The van der Waals surface area contributed by atoms with Gasteiger partial charge in [-0.2, -0.15) is 0 Å². The summed E-state index contributed by atoms with van der Waals surface area (Å²) >= 11 is 7.56. The van der Waals surface area contributed by atoms with E-state index in [0.717, 1.165) is 24.2 Å². The number of halogens is 2. The topological polar surface area (TPSA) is 0 Å². The molecule has 0 spiro atoms. The van der Waals surface area contributed by atoms with Crippen LogP contribution >= 0.6 is 31.9 Å². The lowest BCUT2D eigenvalue weighted by Gasteiger charge is -2.13. The number of hydrogen-bond acceptors (Lipinski definition) is 0. The molecule has 0 radical (unpaired) electrons. The lowest BCUT2D eigenvalue weighted by atomic mass is 9.92. The molecule has 2 aliphatic carbocycles. The maximum absolute atomic E-state index is 3.99. The van der Waals surface area contributed by atoms with Crippen molar-refractivity contribution in [2.45, 2.75) is 30.0 Å². The zero-order chi connectivity index (χ0) is 14.4. The van der Waals surface area contributed by atoms with Crippen LogP contribution in [0.5, 0.6) is 0 Å². The molecule has 2 aromatic carbocycles. The van der Waals surface area contributed by atoms with Gasteiger partial charge >= 0.3 is 0 Å². The predicted molar refractivity (Wildman–Crippen MR) is 95.0 cm³/mol. The summed E-state index contributed by atoms with van der Waals surface area (Å²) in [7, 11) is 0. The molecule has 4 atom stereocenters. The Morgan fingerprint density at radius 1 is 1.10 bits per heavy atom. The molecule has 0 amide bonds. The smallest absolute Gasteiger partial charge is 0.0223 e. The monoisotopic (exact) mass is 404 g/mol. The minimum Gasteiger partial charge on any atom is -0.0884 e. The molecule has 0 bridgehead atoms. The second-order valence-corrected chi connectivity index (χ2v) is 8.45. The van der Waals surface area contributed by atoms with E-state index in [9.17, 15) is 0 Å². The van der Waals surface area contributed by atoms with E-state index in [1.54, 1.807) is 11.1 Å². The zero-order valence-electron chi connectivity index (χ0n) is 11.8. The summed E-state index contributed by atoms with van der Waals surface area (Å²) in [6, 6.07) is 17.8. The fourth-order valence-corrected chi connectivity index (χ4v) is 5.68. The van der Waals surface area contributed by atoms with E-state index in [1.165, 1.54) is 22.9 Å². The Bertz CT molecular complexity index is 664. The molecule has 4 unspecified atom stereocenters. The van der Waals surface area contributed by atoms with Crippen molar-refractivity contribution in [3.8, 4) is 0 Å². The van der Waals surface area contributed by atoms with Crippen LogP contribution in [0.15, 0.2) is 53.0 Å². The molecule has 4 rings (SSSR count). The summed E-state index contributed by atoms with van der Waals surface area (Å²) in [6.07, 6.45) is 3.76. The van der Waals surface area contributed by atoms with Gasteiger partial charge in [-0.05, 0) is 65.8 Å². The van der Waals surface area contributed by atoms with Crippen LogP contribution in [0.4, 0.5) is 0 Å². The number of aryl methyl sites for hydroxylation is 1. The number of benzene rings is 2. The first-order valence-electron chi connectivity index (χ1n) is 7.70. The molecule has 0 aliphatic heterocycles. The molecule has 108 valence electrons. The van der Waals surface area contributed by atoms with Crippen molar-refractivity contribution in [2.24, 2.45) is 11.8 Å². The molecule has 0 N–H and O–H groups in total. The van der Waals surface area contributed by atoms with Crippen LogP contribution in [-0.2, 0) is 12.8 Å². The fraction of sp³-hybridized carbons (Fsp3) is 0.368. The molecule has 0 aromatic heterocycles. The third-order valence-corrected chi connectivity index (χ3v) is 6.56. The average molecular weight is 406 g/mol. The van der Waals surface area contributed by atoms with E-state index in [4.69, 9.17) is 0 Å². The first kappa shape index (κ1) is 14.0. The molecular weight excluding hydrogens is 388 g/mol. The third kappa shape index (κ3) is 2.61. The number of rotatable bonds is 3. The second-order valence-electron chi connectivity index (χ2n) is 6.35. The third-order valence-electron chi connectivity index (χ3n) is 5.13. The van der Waals surface area contributed by atoms with Gasteiger partial charge in [-0.15, -0.1) is 0 Å². The SMILES string of the molecule is Brc1cccc(CC(Br)C2C3CCc4ccccc4C32)c1. The number of hydrogen-bond donors (Lipinski definition) is 0. The van der Waals surface area contributed by atoms with Crippen molar-refractivity contribution < 1.29 is 0 Å². The predicted octanol–water partition coefficient (Wildman–Crippen LogP) is 5.73. The highest BCUT2D eigenvalue weighted by atomic mass is 79.9.